The van der Waals surface area contributed by atoms with Gasteiger partial charge in [-0.15, -0.1) is 0 Å². The van der Waals surface area contributed by atoms with Crippen molar-refractivity contribution < 1.29 is 13.2 Å². The summed E-state index contributed by atoms with van der Waals surface area (Å²) < 4.78 is 27.4. The van der Waals surface area contributed by atoms with Crippen molar-refractivity contribution in [2.45, 2.75) is 39.7 Å². The summed E-state index contributed by atoms with van der Waals surface area (Å²) in [6.45, 7) is 9.43. The first-order chi connectivity index (χ1) is 16.3. The highest BCUT2D eigenvalue weighted by atomic mass is 32.2. The molecule has 0 radical (unpaired) electrons. The molecular formula is C26H36N4O3S. The van der Waals surface area contributed by atoms with E-state index in [1.165, 1.54) is 21.1 Å². The van der Waals surface area contributed by atoms with Gasteiger partial charge in [-0.05, 0) is 49.6 Å². The van der Waals surface area contributed by atoms with Gasteiger partial charge in [0.15, 0.2) is 0 Å². The number of hydrogen-bond donors (Lipinski definition) is 0. The van der Waals surface area contributed by atoms with E-state index in [1.54, 1.807) is 0 Å². The Morgan fingerprint density at radius 2 is 1.71 bits per heavy atom. The minimum Gasteiger partial charge on any atom is -0.368 e. The zero-order valence-corrected chi connectivity index (χ0v) is 21.3. The van der Waals surface area contributed by atoms with Gasteiger partial charge in [0.2, 0.25) is 15.9 Å². The Hall–Kier alpha value is -2.58. The second-order valence-electron chi connectivity index (χ2n) is 9.37. The van der Waals surface area contributed by atoms with E-state index in [1.807, 2.05) is 47.1 Å². The van der Waals surface area contributed by atoms with E-state index in [4.69, 9.17) is 0 Å². The smallest absolute Gasteiger partial charge is 0.246 e. The molecule has 0 aliphatic carbocycles. The molecule has 0 N–H and O–H groups in total. The van der Waals surface area contributed by atoms with E-state index in [9.17, 15) is 13.2 Å². The molecule has 1 amide bonds. The number of nitrogens with zero attached hydrogens (tertiary/aromatic N) is 4. The highest BCUT2D eigenvalue weighted by Crippen LogP contribution is 2.28. The standard InChI is InChI=1S/C26H36N4O3S/c1-4-5-17-34(32,33)29-19-25(30(20-29)23-9-7-6-8-10-23)26(31)28-15-13-27(14-16-28)24-18-21(2)11-12-22(24)3/h6-12,18,25H,4-5,13-17,19-20H2,1-3H3. The molecule has 2 heterocycles. The van der Waals surface area contributed by atoms with Crippen LogP contribution < -0.4 is 9.80 Å². The fraction of sp³-hybridized carbons (Fsp3) is 0.500. The number of carbonyl (C=O) groups excluding carboxylic acids is 1. The minimum atomic E-state index is -3.40. The van der Waals surface area contributed by atoms with Crippen LogP contribution in [0.3, 0.4) is 0 Å². The SMILES string of the molecule is CCCCS(=O)(=O)N1CC(C(=O)N2CCN(c3cc(C)ccc3C)CC2)N(c2ccccc2)C1. The van der Waals surface area contributed by atoms with Crippen LogP contribution in [0.25, 0.3) is 0 Å². The number of aryl methyl sites for hydroxylation is 2. The van der Waals surface area contributed by atoms with Crippen LogP contribution in [0.5, 0.6) is 0 Å². The van der Waals surface area contributed by atoms with Crippen LogP contribution in [0, 0.1) is 13.8 Å². The summed E-state index contributed by atoms with van der Waals surface area (Å²) in [5, 5.41) is 0. The number of unbranched alkanes of at least 4 members (excludes halogenated alkanes) is 1. The number of amides is 1. The molecule has 2 saturated heterocycles. The van der Waals surface area contributed by atoms with Crippen LogP contribution in [0.15, 0.2) is 48.5 Å². The molecule has 0 saturated carbocycles. The highest BCUT2D eigenvalue weighted by Gasteiger charge is 2.42. The Kier molecular flexibility index (Phi) is 7.48. The van der Waals surface area contributed by atoms with Crippen molar-refractivity contribution in [1.82, 2.24) is 9.21 Å². The van der Waals surface area contributed by atoms with Crippen molar-refractivity contribution in [1.29, 1.82) is 0 Å². The number of rotatable bonds is 7. The van der Waals surface area contributed by atoms with Gasteiger partial charge in [-0.1, -0.05) is 43.7 Å². The Bertz CT molecular complexity index is 1100. The lowest BCUT2D eigenvalue weighted by Crippen LogP contribution is -2.54. The Morgan fingerprint density at radius 1 is 1.00 bits per heavy atom. The van der Waals surface area contributed by atoms with Crippen LogP contribution in [0.1, 0.15) is 30.9 Å². The van der Waals surface area contributed by atoms with Crippen LogP contribution in [0.2, 0.25) is 0 Å². The summed E-state index contributed by atoms with van der Waals surface area (Å²) in [5.41, 5.74) is 4.58. The molecule has 0 spiro atoms. The van der Waals surface area contributed by atoms with Crippen LogP contribution in [-0.2, 0) is 14.8 Å². The van der Waals surface area contributed by atoms with Crippen molar-refractivity contribution in [2.75, 3.05) is 54.9 Å². The van der Waals surface area contributed by atoms with Gasteiger partial charge >= 0.3 is 0 Å². The Labute approximate surface area is 204 Å². The van der Waals surface area contributed by atoms with Gasteiger partial charge in [-0.25, -0.2) is 8.42 Å². The third-order valence-electron chi connectivity index (χ3n) is 6.88. The molecule has 8 heteroatoms. The minimum absolute atomic E-state index is 0.0117. The zero-order chi connectivity index (χ0) is 24.3. The zero-order valence-electron chi connectivity index (χ0n) is 20.5. The average molecular weight is 485 g/mol. The third-order valence-corrected chi connectivity index (χ3v) is 8.74. The average Bonchev–Trinajstić information content (AvgIpc) is 3.31. The largest absolute Gasteiger partial charge is 0.368 e. The quantitative estimate of drug-likeness (QED) is 0.604. The van der Waals surface area contributed by atoms with E-state index in [2.05, 4.69) is 36.9 Å². The first-order valence-electron chi connectivity index (χ1n) is 12.2. The van der Waals surface area contributed by atoms with Crippen molar-refractivity contribution in [2.24, 2.45) is 0 Å². The van der Waals surface area contributed by atoms with E-state index in [0.717, 1.165) is 25.2 Å². The number of benzene rings is 2. The van der Waals surface area contributed by atoms with E-state index in [-0.39, 0.29) is 24.9 Å². The number of sulfonamides is 1. The van der Waals surface area contributed by atoms with Crippen LogP contribution >= 0.6 is 0 Å². The summed E-state index contributed by atoms with van der Waals surface area (Å²) >= 11 is 0. The lowest BCUT2D eigenvalue weighted by atomic mass is 10.1. The number of anilines is 2. The van der Waals surface area contributed by atoms with Gasteiger partial charge in [-0.3, -0.25) is 4.79 Å². The number of para-hydroxylation sites is 1. The topological polar surface area (TPSA) is 64.2 Å². The predicted octanol–water partition coefficient (Wildman–Crippen LogP) is 3.23. The molecule has 0 bridgehead atoms. The van der Waals surface area contributed by atoms with E-state index < -0.39 is 16.1 Å². The normalized spacial score (nSPS) is 19.6. The molecule has 2 aliphatic rings. The maximum absolute atomic E-state index is 13.7. The molecule has 34 heavy (non-hydrogen) atoms. The van der Waals surface area contributed by atoms with Crippen LogP contribution in [0.4, 0.5) is 11.4 Å². The Morgan fingerprint density at radius 3 is 2.38 bits per heavy atom. The van der Waals surface area contributed by atoms with E-state index in [0.29, 0.717) is 19.5 Å². The second-order valence-corrected chi connectivity index (χ2v) is 11.5. The summed E-state index contributed by atoms with van der Waals surface area (Å²) in [4.78, 5) is 19.9. The number of carbonyl (C=O) groups is 1. The molecule has 2 aromatic rings. The second kappa shape index (κ2) is 10.4. The molecule has 2 aliphatic heterocycles. The summed E-state index contributed by atoms with van der Waals surface area (Å²) in [6.07, 6.45) is 1.45. The monoisotopic (exact) mass is 484 g/mol. The lowest BCUT2D eigenvalue weighted by molar-refractivity contribution is -0.132. The fourth-order valence-corrected chi connectivity index (χ4v) is 6.39. The fourth-order valence-electron chi connectivity index (χ4n) is 4.81. The molecule has 4 rings (SSSR count). The molecule has 1 atom stereocenters. The summed E-state index contributed by atoms with van der Waals surface area (Å²) in [5.74, 6) is 0.138. The number of piperazine rings is 1. The molecule has 0 aromatic heterocycles. The molecular weight excluding hydrogens is 448 g/mol. The maximum Gasteiger partial charge on any atom is 0.246 e. The van der Waals surface area contributed by atoms with Gasteiger partial charge in [0, 0.05) is 44.1 Å². The Balaban J connectivity index is 1.49. The molecule has 1 unspecified atom stereocenters. The molecule has 7 nitrogen and oxygen atoms in total. The lowest BCUT2D eigenvalue weighted by Gasteiger charge is -2.39. The maximum atomic E-state index is 13.7. The van der Waals surface area contributed by atoms with Crippen molar-refractivity contribution in [3.05, 3.63) is 59.7 Å². The van der Waals surface area contributed by atoms with Crippen molar-refractivity contribution in [3.63, 3.8) is 0 Å². The third kappa shape index (κ3) is 5.23. The van der Waals surface area contributed by atoms with Crippen molar-refractivity contribution >= 4 is 27.3 Å². The first kappa shape index (κ1) is 24.5. The van der Waals surface area contributed by atoms with Gasteiger partial charge in [0.05, 0.1) is 12.4 Å². The summed E-state index contributed by atoms with van der Waals surface area (Å²) in [7, 11) is -3.40. The van der Waals surface area contributed by atoms with Gasteiger partial charge in [0.25, 0.3) is 0 Å². The highest BCUT2D eigenvalue weighted by molar-refractivity contribution is 7.89. The van der Waals surface area contributed by atoms with Gasteiger partial charge in [-0.2, -0.15) is 4.31 Å². The predicted molar refractivity (Wildman–Crippen MR) is 138 cm³/mol. The van der Waals surface area contributed by atoms with Crippen molar-refractivity contribution in [3.8, 4) is 0 Å². The summed E-state index contributed by atoms with van der Waals surface area (Å²) in [6, 6.07) is 15.6. The molecule has 2 fully saturated rings. The molecule has 2 aromatic carbocycles. The first-order valence-corrected chi connectivity index (χ1v) is 13.8. The van der Waals surface area contributed by atoms with Gasteiger partial charge < -0.3 is 14.7 Å². The van der Waals surface area contributed by atoms with Gasteiger partial charge in [0.1, 0.15) is 6.04 Å². The number of hydrogen-bond acceptors (Lipinski definition) is 5. The van der Waals surface area contributed by atoms with Crippen LogP contribution in [-0.4, -0.2) is 74.7 Å². The molecule has 184 valence electrons. The van der Waals surface area contributed by atoms with E-state index >= 15 is 0 Å².